The van der Waals surface area contributed by atoms with Crippen LogP contribution in [0.15, 0.2) is 41.6 Å². The Morgan fingerprint density at radius 1 is 1.25 bits per heavy atom. The van der Waals surface area contributed by atoms with Crippen molar-refractivity contribution in [2.75, 3.05) is 5.75 Å². The fourth-order valence-corrected chi connectivity index (χ4v) is 3.75. The summed E-state index contributed by atoms with van der Waals surface area (Å²) in [6.07, 6.45) is -3.48. The van der Waals surface area contributed by atoms with Crippen molar-refractivity contribution in [3.8, 4) is 0 Å². The number of hydrogen-bond donors (Lipinski definition) is 3. The van der Waals surface area contributed by atoms with E-state index < -0.39 is 11.7 Å². The van der Waals surface area contributed by atoms with Gasteiger partial charge in [-0.15, -0.1) is 0 Å². The van der Waals surface area contributed by atoms with Crippen LogP contribution in [0.5, 0.6) is 0 Å². The van der Waals surface area contributed by atoms with Crippen LogP contribution in [0.25, 0.3) is 0 Å². The average molecular weight is 451 g/mol. The molecule has 1 aromatic carbocycles. The number of carbonyl (C=O) groups excluding carboxylic acids is 1. The monoisotopic (exact) mass is 450 g/mol. The molecule has 2 heterocycles. The molecule has 1 amide bonds. The van der Waals surface area contributed by atoms with Crippen LogP contribution in [-0.4, -0.2) is 22.8 Å². The highest BCUT2D eigenvalue weighted by atomic mass is 35.5. The molecule has 5 nitrogen and oxygen atoms in total. The third-order valence-electron chi connectivity index (χ3n) is 3.99. The van der Waals surface area contributed by atoms with Crippen molar-refractivity contribution in [2.45, 2.75) is 29.8 Å². The molecular formula is C17H15Cl2F3N4OS. The number of hydrazine groups is 1. The molecule has 0 saturated carbocycles. The lowest BCUT2D eigenvalue weighted by Crippen LogP contribution is -2.44. The smallest absolute Gasteiger partial charge is 0.339 e. The third-order valence-corrected chi connectivity index (χ3v) is 5.64. The number of rotatable bonds is 5. The summed E-state index contributed by atoms with van der Waals surface area (Å²) in [5.41, 5.74) is 6.19. The third kappa shape index (κ3) is 5.51. The Bertz CT molecular complexity index is 851. The standard InChI is InChI=1S/C17H15Cl2F3N4OS/c18-11-3-1-9(2-4-11)13-6-14(26-25-13)24-15(27)8-28-16-12(19)5-10(7-23-16)17(20,21)22/h1-5,7,13-14,25-26H,6,8H2,(H,24,27). The Morgan fingerprint density at radius 2 is 1.96 bits per heavy atom. The van der Waals surface area contributed by atoms with Crippen LogP contribution < -0.4 is 16.2 Å². The van der Waals surface area contributed by atoms with E-state index in [-0.39, 0.29) is 33.9 Å². The summed E-state index contributed by atoms with van der Waals surface area (Å²) in [5, 5.41) is 3.48. The van der Waals surface area contributed by atoms with Crippen LogP contribution in [0.3, 0.4) is 0 Å². The van der Waals surface area contributed by atoms with Crippen LogP contribution in [-0.2, 0) is 11.0 Å². The summed E-state index contributed by atoms with van der Waals surface area (Å²) in [7, 11) is 0. The normalized spacial score (nSPS) is 19.6. The Morgan fingerprint density at radius 3 is 2.61 bits per heavy atom. The maximum absolute atomic E-state index is 12.6. The number of halogens is 5. The van der Waals surface area contributed by atoms with Gasteiger partial charge in [0.05, 0.1) is 22.5 Å². The van der Waals surface area contributed by atoms with Gasteiger partial charge in [-0.3, -0.25) is 4.79 Å². The number of thioether (sulfide) groups is 1. The number of alkyl halides is 3. The van der Waals surface area contributed by atoms with E-state index in [1.807, 2.05) is 12.1 Å². The van der Waals surface area contributed by atoms with E-state index in [0.29, 0.717) is 17.6 Å². The topological polar surface area (TPSA) is 66.0 Å². The van der Waals surface area contributed by atoms with Crippen molar-refractivity contribution in [3.63, 3.8) is 0 Å². The highest BCUT2D eigenvalue weighted by Gasteiger charge is 2.31. The minimum Gasteiger partial charge on any atom is -0.339 e. The zero-order valence-electron chi connectivity index (χ0n) is 14.2. The number of nitrogens with one attached hydrogen (secondary N) is 3. The molecule has 28 heavy (non-hydrogen) atoms. The van der Waals surface area contributed by atoms with Gasteiger partial charge in [0.25, 0.3) is 0 Å². The summed E-state index contributed by atoms with van der Waals surface area (Å²) < 4.78 is 37.9. The van der Waals surface area contributed by atoms with Crippen molar-refractivity contribution >= 4 is 40.9 Å². The summed E-state index contributed by atoms with van der Waals surface area (Å²) >= 11 is 12.7. The number of pyridine rings is 1. The Balaban J connectivity index is 1.49. The molecule has 150 valence electrons. The van der Waals surface area contributed by atoms with Crippen LogP contribution in [0.4, 0.5) is 13.2 Å². The molecule has 0 radical (unpaired) electrons. The van der Waals surface area contributed by atoms with Gasteiger partial charge in [0.15, 0.2) is 0 Å². The lowest BCUT2D eigenvalue weighted by atomic mass is 10.0. The molecule has 0 aliphatic carbocycles. The van der Waals surface area contributed by atoms with Gasteiger partial charge in [-0.05, 0) is 23.8 Å². The van der Waals surface area contributed by atoms with E-state index in [4.69, 9.17) is 23.2 Å². The van der Waals surface area contributed by atoms with Crippen LogP contribution in [0, 0.1) is 0 Å². The lowest BCUT2D eigenvalue weighted by Gasteiger charge is -2.12. The van der Waals surface area contributed by atoms with Gasteiger partial charge in [0, 0.05) is 23.7 Å². The first-order valence-corrected chi connectivity index (χ1v) is 9.88. The number of carbonyl (C=O) groups is 1. The number of benzene rings is 1. The first-order valence-electron chi connectivity index (χ1n) is 8.14. The van der Waals surface area contributed by atoms with Crippen molar-refractivity contribution in [3.05, 3.63) is 57.7 Å². The number of hydrogen-bond acceptors (Lipinski definition) is 5. The van der Waals surface area contributed by atoms with Gasteiger partial charge in [0.1, 0.15) is 5.03 Å². The highest BCUT2D eigenvalue weighted by molar-refractivity contribution is 8.00. The lowest BCUT2D eigenvalue weighted by molar-refractivity contribution is -0.137. The number of amides is 1. The minimum absolute atomic E-state index is 0.0150. The van der Waals surface area contributed by atoms with E-state index in [1.54, 1.807) is 12.1 Å². The van der Waals surface area contributed by atoms with Crippen LogP contribution >= 0.6 is 35.0 Å². The molecule has 1 aliphatic heterocycles. The van der Waals surface area contributed by atoms with E-state index in [1.165, 1.54) is 0 Å². The fraction of sp³-hybridized carbons (Fsp3) is 0.294. The molecule has 1 saturated heterocycles. The molecule has 3 N–H and O–H groups in total. The molecule has 11 heteroatoms. The number of nitrogens with zero attached hydrogens (tertiary/aromatic N) is 1. The van der Waals surface area contributed by atoms with Crippen molar-refractivity contribution in [1.82, 2.24) is 21.2 Å². The molecule has 2 aromatic rings. The Kier molecular flexibility index (Phi) is 6.72. The quantitative estimate of drug-likeness (QED) is 0.596. The van der Waals surface area contributed by atoms with Gasteiger partial charge in [-0.1, -0.05) is 47.1 Å². The largest absolute Gasteiger partial charge is 0.417 e. The maximum Gasteiger partial charge on any atom is 0.417 e. The van der Waals surface area contributed by atoms with E-state index in [2.05, 4.69) is 21.2 Å². The fourth-order valence-electron chi connectivity index (χ4n) is 2.62. The summed E-state index contributed by atoms with van der Waals surface area (Å²) in [5.74, 6) is -0.319. The zero-order valence-corrected chi connectivity index (χ0v) is 16.5. The molecule has 2 unspecified atom stereocenters. The van der Waals surface area contributed by atoms with Gasteiger partial charge in [-0.2, -0.15) is 13.2 Å². The van der Waals surface area contributed by atoms with Crippen molar-refractivity contribution in [2.24, 2.45) is 0 Å². The van der Waals surface area contributed by atoms with Crippen LogP contribution in [0.2, 0.25) is 10.0 Å². The Labute approximate surface area is 173 Å². The van der Waals surface area contributed by atoms with E-state index in [9.17, 15) is 18.0 Å². The summed E-state index contributed by atoms with van der Waals surface area (Å²) in [6, 6.07) is 8.21. The SMILES string of the molecule is O=C(CSc1ncc(C(F)(F)F)cc1Cl)NC1CC(c2ccc(Cl)cc2)NN1. The molecule has 3 rings (SSSR count). The van der Waals surface area contributed by atoms with E-state index in [0.717, 1.165) is 23.4 Å². The molecule has 1 aliphatic rings. The zero-order chi connectivity index (χ0) is 20.3. The Hall–Kier alpha value is -1.52. The molecule has 0 bridgehead atoms. The molecule has 0 spiro atoms. The second-order valence-corrected chi connectivity index (χ2v) is 7.85. The maximum atomic E-state index is 12.6. The van der Waals surface area contributed by atoms with Crippen molar-refractivity contribution in [1.29, 1.82) is 0 Å². The molecule has 1 aromatic heterocycles. The van der Waals surface area contributed by atoms with Crippen LogP contribution in [0.1, 0.15) is 23.6 Å². The van der Waals surface area contributed by atoms with E-state index >= 15 is 0 Å². The minimum atomic E-state index is -4.51. The molecule has 2 atom stereocenters. The second kappa shape index (κ2) is 8.87. The van der Waals surface area contributed by atoms with Crippen molar-refractivity contribution < 1.29 is 18.0 Å². The van der Waals surface area contributed by atoms with Gasteiger partial charge >= 0.3 is 6.18 Å². The second-order valence-electron chi connectivity index (χ2n) is 6.05. The first-order chi connectivity index (χ1) is 13.2. The van der Waals surface area contributed by atoms with Gasteiger partial charge in [0.2, 0.25) is 5.91 Å². The van der Waals surface area contributed by atoms with Gasteiger partial charge in [-0.25, -0.2) is 15.8 Å². The number of aromatic nitrogens is 1. The first kappa shape index (κ1) is 21.2. The summed E-state index contributed by atoms with van der Waals surface area (Å²) in [4.78, 5) is 15.8. The van der Waals surface area contributed by atoms with Gasteiger partial charge < -0.3 is 5.32 Å². The predicted molar refractivity (Wildman–Crippen MR) is 102 cm³/mol. The molecular weight excluding hydrogens is 436 g/mol. The summed E-state index contributed by atoms with van der Waals surface area (Å²) in [6.45, 7) is 0. The molecule has 1 fully saturated rings. The highest BCUT2D eigenvalue weighted by Crippen LogP contribution is 2.33. The predicted octanol–water partition coefficient (Wildman–Crippen LogP) is 4.18. The average Bonchev–Trinajstić information content (AvgIpc) is 3.09.